The number of nitrogens with zero attached hydrogens (tertiary/aromatic N) is 1. The normalized spacial score (nSPS) is 11.5. The highest BCUT2D eigenvalue weighted by molar-refractivity contribution is 5.68. The molecule has 6 nitrogen and oxygen atoms in total. The van der Waals surface area contributed by atoms with Crippen LogP contribution in [0.15, 0.2) is 9.59 Å². The van der Waals surface area contributed by atoms with Gasteiger partial charge in [-0.2, -0.15) is 0 Å². The van der Waals surface area contributed by atoms with Crippen LogP contribution in [0.2, 0.25) is 0 Å². The molecule has 0 bridgehead atoms. The lowest BCUT2D eigenvalue weighted by molar-refractivity contribution is 0.539. The molecule has 0 radical (unpaired) electrons. The number of rotatable bonds is 5. The molecular weight excluding hydrogens is 232 g/mol. The first-order valence-electron chi connectivity index (χ1n) is 6.37. The summed E-state index contributed by atoms with van der Waals surface area (Å²) in [5.74, 6) is 1.11. The Kier molecular flexibility index (Phi) is 3.64. The third-order valence-electron chi connectivity index (χ3n) is 3.07. The molecule has 0 fully saturated rings. The van der Waals surface area contributed by atoms with Crippen molar-refractivity contribution in [3.05, 3.63) is 26.7 Å². The van der Waals surface area contributed by atoms with Crippen LogP contribution in [0.4, 0.5) is 0 Å². The minimum absolute atomic E-state index is 0.315. The van der Waals surface area contributed by atoms with Crippen molar-refractivity contribution in [1.29, 1.82) is 0 Å². The molecule has 0 atom stereocenters. The molecule has 0 aliphatic rings. The lowest BCUT2D eigenvalue weighted by atomic mass is 9.98. The van der Waals surface area contributed by atoms with E-state index < -0.39 is 11.2 Å². The van der Waals surface area contributed by atoms with Crippen molar-refractivity contribution in [2.24, 2.45) is 0 Å². The standard InChI is InChI=1S/C12H18N4O2/c1-3-5-7(6-4-2)9-13-8-10(14-9)15-12(18)16-11(8)17/h7H,3-6H2,1-2H3,(H3,13,14,15,16,17,18). The zero-order valence-electron chi connectivity index (χ0n) is 10.7. The zero-order valence-corrected chi connectivity index (χ0v) is 10.7. The summed E-state index contributed by atoms with van der Waals surface area (Å²) in [5.41, 5.74) is -0.245. The predicted octanol–water partition coefficient (Wildman–Crippen LogP) is 1.62. The van der Waals surface area contributed by atoms with Crippen LogP contribution in [-0.2, 0) is 0 Å². The first-order valence-corrected chi connectivity index (χ1v) is 6.37. The number of nitrogens with one attached hydrogen (secondary N) is 3. The number of aromatic nitrogens is 4. The minimum atomic E-state index is -0.520. The largest absolute Gasteiger partial charge is 0.336 e. The van der Waals surface area contributed by atoms with Crippen LogP contribution in [-0.4, -0.2) is 19.9 Å². The Hall–Kier alpha value is -1.85. The highest BCUT2D eigenvalue weighted by Crippen LogP contribution is 2.24. The van der Waals surface area contributed by atoms with E-state index in [1.54, 1.807) is 0 Å². The molecular formula is C12H18N4O2. The summed E-state index contributed by atoms with van der Waals surface area (Å²) < 4.78 is 0. The molecule has 2 rings (SSSR count). The Bertz CT molecular complexity index is 631. The summed E-state index contributed by atoms with van der Waals surface area (Å²) >= 11 is 0. The molecule has 0 amide bonds. The van der Waals surface area contributed by atoms with Gasteiger partial charge in [-0.1, -0.05) is 26.7 Å². The lowest BCUT2D eigenvalue weighted by Gasteiger charge is -2.11. The van der Waals surface area contributed by atoms with Gasteiger partial charge in [-0.25, -0.2) is 9.78 Å². The molecule has 0 spiro atoms. The summed E-state index contributed by atoms with van der Waals surface area (Å²) in [6, 6.07) is 0. The fourth-order valence-electron chi connectivity index (χ4n) is 2.26. The number of hydrogen-bond acceptors (Lipinski definition) is 3. The second kappa shape index (κ2) is 5.20. The molecule has 18 heavy (non-hydrogen) atoms. The van der Waals surface area contributed by atoms with Gasteiger partial charge >= 0.3 is 5.69 Å². The van der Waals surface area contributed by atoms with E-state index in [0.717, 1.165) is 31.5 Å². The van der Waals surface area contributed by atoms with E-state index in [1.165, 1.54) is 0 Å². The summed E-state index contributed by atoms with van der Waals surface area (Å²) in [6.07, 6.45) is 4.18. The molecule has 0 saturated heterocycles. The van der Waals surface area contributed by atoms with Gasteiger partial charge in [0.15, 0.2) is 5.65 Å². The van der Waals surface area contributed by atoms with Gasteiger partial charge in [0.05, 0.1) is 0 Å². The maximum atomic E-state index is 11.6. The van der Waals surface area contributed by atoms with E-state index >= 15 is 0 Å². The Morgan fingerprint density at radius 1 is 1.06 bits per heavy atom. The molecule has 0 aliphatic carbocycles. The Morgan fingerprint density at radius 3 is 2.33 bits per heavy atom. The van der Waals surface area contributed by atoms with Crippen LogP contribution < -0.4 is 11.2 Å². The summed E-state index contributed by atoms with van der Waals surface area (Å²) in [7, 11) is 0. The molecule has 0 aliphatic heterocycles. The van der Waals surface area contributed by atoms with Gasteiger partial charge in [0.25, 0.3) is 5.56 Å². The van der Waals surface area contributed by atoms with Crippen LogP contribution in [0.5, 0.6) is 0 Å². The van der Waals surface area contributed by atoms with E-state index in [4.69, 9.17) is 0 Å². The van der Waals surface area contributed by atoms with Gasteiger partial charge in [0.2, 0.25) is 0 Å². The van der Waals surface area contributed by atoms with Gasteiger partial charge < -0.3 is 4.98 Å². The molecule has 2 aromatic heterocycles. The summed E-state index contributed by atoms with van der Waals surface area (Å²) in [4.78, 5) is 34.9. The van der Waals surface area contributed by atoms with Crippen molar-refractivity contribution < 1.29 is 0 Å². The number of aromatic amines is 3. The lowest BCUT2D eigenvalue weighted by Crippen LogP contribution is -2.21. The van der Waals surface area contributed by atoms with Crippen LogP contribution in [0.25, 0.3) is 11.2 Å². The number of fused-ring (bicyclic) bond motifs is 1. The van der Waals surface area contributed by atoms with Crippen molar-refractivity contribution in [3.63, 3.8) is 0 Å². The molecule has 0 saturated carbocycles. The van der Waals surface area contributed by atoms with E-state index in [0.29, 0.717) is 17.1 Å². The van der Waals surface area contributed by atoms with Crippen molar-refractivity contribution in [3.8, 4) is 0 Å². The average Bonchev–Trinajstić information content (AvgIpc) is 2.72. The Morgan fingerprint density at radius 2 is 1.72 bits per heavy atom. The molecule has 6 heteroatoms. The zero-order chi connectivity index (χ0) is 13.1. The van der Waals surface area contributed by atoms with Crippen LogP contribution in [0, 0.1) is 0 Å². The first-order chi connectivity index (χ1) is 8.65. The quantitative estimate of drug-likeness (QED) is 0.752. The minimum Gasteiger partial charge on any atom is -0.336 e. The van der Waals surface area contributed by atoms with Gasteiger partial charge in [-0.05, 0) is 12.8 Å². The van der Waals surface area contributed by atoms with Gasteiger partial charge in [-0.15, -0.1) is 0 Å². The van der Waals surface area contributed by atoms with Crippen molar-refractivity contribution in [2.45, 2.75) is 45.4 Å². The Labute approximate surface area is 104 Å². The number of H-pyrrole nitrogens is 3. The number of hydrogen-bond donors (Lipinski definition) is 3. The third kappa shape index (κ3) is 2.37. The second-order valence-electron chi connectivity index (χ2n) is 4.53. The van der Waals surface area contributed by atoms with Gasteiger partial charge in [0.1, 0.15) is 11.3 Å². The maximum absolute atomic E-state index is 11.6. The average molecular weight is 250 g/mol. The molecule has 3 N–H and O–H groups in total. The predicted molar refractivity (Wildman–Crippen MR) is 69.9 cm³/mol. The molecule has 2 aromatic rings. The van der Waals surface area contributed by atoms with Crippen LogP contribution in [0.1, 0.15) is 51.3 Å². The monoisotopic (exact) mass is 250 g/mol. The van der Waals surface area contributed by atoms with E-state index in [2.05, 4.69) is 33.8 Å². The fourth-order valence-corrected chi connectivity index (χ4v) is 2.26. The molecule has 98 valence electrons. The van der Waals surface area contributed by atoms with Gasteiger partial charge in [-0.3, -0.25) is 14.8 Å². The van der Waals surface area contributed by atoms with E-state index in [9.17, 15) is 9.59 Å². The van der Waals surface area contributed by atoms with Gasteiger partial charge in [0, 0.05) is 5.92 Å². The van der Waals surface area contributed by atoms with Crippen molar-refractivity contribution >= 4 is 11.2 Å². The second-order valence-corrected chi connectivity index (χ2v) is 4.53. The number of imidazole rings is 1. The molecule has 0 aromatic carbocycles. The van der Waals surface area contributed by atoms with Crippen LogP contribution in [0.3, 0.4) is 0 Å². The summed E-state index contributed by atoms with van der Waals surface area (Å²) in [5, 5.41) is 0. The Balaban J connectivity index is 2.48. The highest BCUT2D eigenvalue weighted by atomic mass is 16.2. The van der Waals surface area contributed by atoms with E-state index in [1.807, 2.05) is 0 Å². The SMILES string of the molecule is CCCC(CCC)c1nc2[nH]c(=O)[nH]c(=O)c2[nH]1. The highest BCUT2D eigenvalue weighted by Gasteiger charge is 2.16. The molecule has 2 heterocycles. The topological polar surface area (TPSA) is 94.4 Å². The molecule has 0 unspecified atom stereocenters. The van der Waals surface area contributed by atoms with Crippen molar-refractivity contribution in [1.82, 2.24) is 19.9 Å². The first kappa shape index (κ1) is 12.6. The van der Waals surface area contributed by atoms with Crippen LogP contribution >= 0.6 is 0 Å². The maximum Gasteiger partial charge on any atom is 0.327 e. The fraction of sp³-hybridized carbons (Fsp3) is 0.583. The summed E-state index contributed by atoms with van der Waals surface area (Å²) in [6.45, 7) is 4.25. The third-order valence-corrected chi connectivity index (χ3v) is 3.07. The van der Waals surface area contributed by atoms with E-state index in [-0.39, 0.29) is 0 Å². The van der Waals surface area contributed by atoms with Crippen molar-refractivity contribution in [2.75, 3.05) is 0 Å². The smallest absolute Gasteiger partial charge is 0.327 e.